The number of hydrogen-bond acceptors (Lipinski definition) is 6. The van der Waals surface area contributed by atoms with Crippen LogP contribution in [0.1, 0.15) is 18.5 Å². The van der Waals surface area contributed by atoms with Crippen molar-refractivity contribution in [1.82, 2.24) is 10.3 Å². The van der Waals surface area contributed by atoms with E-state index in [1.807, 2.05) is 24.4 Å². The van der Waals surface area contributed by atoms with Gasteiger partial charge in [-0.05, 0) is 42.4 Å². The van der Waals surface area contributed by atoms with Crippen molar-refractivity contribution < 1.29 is 18.7 Å². The van der Waals surface area contributed by atoms with Crippen LogP contribution in [0, 0.1) is 17.7 Å². The zero-order valence-corrected chi connectivity index (χ0v) is 19.4. The van der Waals surface area contributed by atoms with Gasteiger partial charge in [0.1, 0.15) is 6.10 Å². The van der Waals surface area contributed by atoms with Crippen LogP contribution in [-0.2, 0) is 9.53 Å². The average molecular weight is 473 g/mol. The highest BCUT2D eigenvalue weighted by atomic mass is 19.1. The SMILES string of the molecule is COc1cc2nc(C3=C=C=C(OC4CC=NC4)C=C3)cc(N3CC4CCNC(=O)C4C3)c2cc1F. The van der Waals surface area contributed by atoms with Crippen molar-refractivity contribution in [3.63, 3.8) is 0 Å². The molecule has 1 aromatic carbocycles. The molecule has 0 spiro atoms. The first-order valence-electron chi connectivity index (χ1n) is 11.9. The predicted octanol–water partition coefficient (Wildman–Crippen LogP) is 3.41. The zero-order chi connectivity index (χ0) is 23.9. The summed E-state index contributed by atoms with van der Waals surface area (Å²) in [5.74, 6) is 0.636. The number of carbonyl (C=O) groups is 1. The van der Waals surface area contributed by atoms with Gasteiger partial charge in [0.05, 0.1) is 36.4 Å². The summed E-state index contributed by atoms with van der Waals surface area (Å²) < 4.78 is 25.8. The molecule has 1 aromatic heterocycles. The first-order chi connectivity index (χ1) is 17.1. The zero-order valence-electron chi connectivity index (χ0n) is 19.4. The number of piperidine rings is 1. The van der Waals surface area contributed by atoms with E-state index >= 15 is 0 Å². The lowest BCUT2D eigenvalue weighted by Crippen LogP contribution is -2.41. The van der Waals surface area contributed by atoms with Gasteiger partial charge in [-0.15, -0.1) is 0 Å². The van der Waals surface area contributed by atoms with Crippen LogP contribution in [-0.4, -0.2) is 56.5 Å². The van der Waals surface area contributed by atoms with E-state index in [-0.39, 0.29) is 29.6 Å². The third-order valence-corrected chi connectivity index (χ3v) is 7.09. The lowest BCUT2D eigenvalue weighted by Gasteiger charge is -2.23. The highest BCUT2D eigenvalue weighted by Gasteiger charge is 2.40. The third-order valence-electron chi connectivity index (χ3n) is 7.09. The second kappa shape index (κ2) is 8.73. The third kappa shape index (κ3) is 4.01. The van der Waals surface area contributed by atoms with Gasteiger partial charge in [0.15, 0.2) is 17.3 Å². The fourth-order valence-electron chi connectivity index (χ4n) is 5.25. The molecule has 6 rings (SSSR count). The van der Waals surface area contributed by atoms with Crippen molar-refractivity contribution in [2.75, 3.05) is 38.2 Å². The second-order valence-corrected chi connectivity index (χ2v) is 9.27. The maximum absolute atomic E-state index is 14.7. The fraction of sp³-hybridized carbons (Fsp3) is 0.370. The number of amides is 1. The fourth-order valence-corrected chi connectivity index (χ4v) is 5.25. The van der Waals surface area contributed by atoms with E-state index in [4.69, 9.17) is 14.5 Å². The Balaban J connectivity index is 1.42. The van der Waals surface area contributed by atoms with Crippen LogP contribution in [0.5, 0.6) is 5.75 Å². The van der Waals surface area contributed by atoms with Crippen LogP contribution in [0.3, 0.4) is 0 Å². The van der Waals surface area contributed by atoms with Gasteiger partial charge in [0.2, 0.25) is 5.91 Å². The average Bonchev–Trinajstić information content (AvgIpc) is 3.54. The predicted molar refractivity (Wildman–Crippen MR) is 131 cm³/mol. The van der Waals surface area contributed by atoms with Crippen molar-refractivity contribution in [1.29, 1.82) is 0 Å². The molecule has 3 aliphatic heterocycles. The van der Waals surface area contributed by atoms with Crippen LogP contribution in [0.15, 0.2) is 52.6 Å². The number of aromatic nitrogens is 1. The van der Waals surface area contributed by atoms with E-state index in [9.17, 15) is 9.18 Å². The van der Waals surface area contributed by atoms with Gasteiger partial charge in [-0.2, -0.15) is 0 Å². The molecule has 0 saturated carbocycles. The Kier molecular flexibility index (Phi) is 5.40. The van der Waals surface area contributed by atoms with Gasteiger partial charge in [-0.1, -0.05) is 5.73 Å². The Hall–Kier alpha value is -3.86. The summed E-state index contributed by atoms with van der Waals surface area (Å²) in [6.45, 7) is 2.69. The molecular weight excluding hydrogens is 447 g/mol. The van der Waals surface area contributed by atoms with Gasteiger partial charge in [-0.3, -0.25) is 9.79 Å². The molecule has 178 valence electrons. The summed E-state index contributed by atoms with van der Waals surface area (Å²) in [6, 6.07) is 5.04. The molecule has 7 nitrogen and oxygen atoms in total. The number of methoxy groups -OCH3 is 1. The molecule has 1 N–H and O–H groups in total. The maximum Gasteiger partial charge on any atom is 0.225 e. The molecule has 1 amide bonds. The number of aliphatic imine (C=N–C) groups is 1. The number of nitrogens with zero attached hydrogens (tertiary/aromatic N) is 3. The molecule has 2 fully saturated rings. The van der Waals surface area contributed by atoms with Crippen LogP contribution in [0.4, 0.5) is 10.1 Å². The number of nitrogens with one attached hydrogen (secondary N) is 1. The number of anilines is 1. The minimum atomic E-state index is -0.442. The van der Waals surface area contributed by atoms with Crippen molar-refractivity contribution >= 4 is 34.3 Å². The topological polar surface area (TPSA) is 76.1 Å². The van der Waals surface area contributed by atoms with Gasteiger partial charge in [-0.25, -0.2) is 9.37 Å². The molecule has 0 radical (unpaired) electrons. The molecular formula is C27H25FN4O3. The van der Waals surface area contributed by atoms with E-state index in [1.54, 1.807) is 6.07 Å². The highest BCUT2D eigenvalue weighted by molar-refractivity contribution is 5.96. The van der Waals surface area contributed by atoms with Gasteiger partial charge in [0.25, 0.3) is 0 Å². The van der Waals surface area contributed by atoms with Crippen LogP contribution in [0.2, 0.25) is 0 Å². The monoisotopic (exact) mass is 472 g/mol. The number of rotatable bonds is 5. The standard InChI is InChI=1S/C27H25FN4O3/c1-34-26-12-24-20(10-22(26)28)25(32-14-17-6-9-30-27(33)21(17)15-32)11-23(31-24)16-2-4-18(5-3-16)35-19-7-8-29-13-19/h2,4,8,10-12,17,19,21H,6-7,9,13-15H2,1H3,(H,30,33). The Morgan fingerprint density at radius 3 is 2.86 bits per heavy atom. The van der Waals surface area contributed by atoms with E-state index < -0.39 is 5.82 Å². The Morgan fingerprint density at radius 1 is 1.20 bits per heavy atom. The van der Waals surface area contributed by atoms with Crippen molar-refractivity contribution in [3.8, 4) is 5.75 Å². The minimum Gasteiger partial charge on any atom is -0.494 e. The Bertz CT molecular complexity index is 1380. The number of carbonyl (C=O) groups excluding carboxylic acids is 1. The first-order valence-corrected chi connectivity index (χ1v) is 11.9. The molecule has 2 aromatic rings. The maximum atomic E-state index is 14.7. The smallest absolute Gasteiger partial charge is 0.225 e. The number of benzene rings is 1. The molecule has 1 aliphatic carbocycles. The Morgan fingerprint density at radius 2 is 2.11 bits per heavy atom. The lowest BCUT2D eigenvalue weighted by molar-refractivity contribution is -0.127. The molecule has 2 saturated heterocycles. The molecule has 4 heterocycles. The van der Waals surface area contributed by atoms with Gasteiger partial charge in [0, 0.05) is 49.4 Å². The number of allylic oxidation sites excluding steroid dienone is 3. The van der Waals surface area contributed by atoms with Crippen LogP contribution in [0.25, 0.3) is 16.5 Å². The second-order valence-electron chi connectivity index (χ2n) is 9.27. The molecule has 3 unspecified atom stereocenters. The first kappa shape index (κ1) is 21.7. The van der Waals surface area contributed by atoms with E-state index in [0.29, 0.717) is 42.0 Å². The summed E-state index contributed by atoms with van der Waals surface area (Å²) in [7, 11) is 1.44. The van der Waals surface area contributed by atoms with E-state index in [1.165, 1.54) is 13.2 Å². The molecule has 8 heteroatoms. The molecule has 0 bridgehead atoms. The van der Waals surface area contributed by atoms with Crippen LogP contribution < -0.4 is 15.0 Å². The van der Waals surface area contributed by atoms with Crippen molar-refractivity contribution in [3.05, 3.63) is 59.1 Å². The van der Waals surface area contributed by atoms with Gasteiger partial charge < -0.3 is 19.7 Å². The summed E-state index contributed by atoms with van der Waals surface area (Å²) in [4.78, 5) is 23.6. The van der Waals surface area contributed by atoms with Crippen molar-refractivity contribution in [2.45, 2.75) is 18.9 Å². The molecule has 4 aliphatic rings. The van der Waals surface area contributed by atoms with E-state index in [0.717, 1.165) is 30.6 Å². The number of halogens is 1. The normalized spacial score (nSPS) is 24.9. The molecule has 35 heavy (non-hydrogen) atoms. The van der Waals surface area contributed by atoms with E-state index in [2.05, 4.69) is 26.7 Å². The summed E-state index contributed by atoms with van der Waals surface area (Å²) in [5.41, 5.74) is 9.16. The number of ether oxygens (including phenoxy) is 2. The quantitative estimate of drug-likeness (QED) is 0.675. The number of pyridine rings is 1. The number of fused-ring (bicyclic) bond motifs is 2. The number of hydrogen-bond donors (Lipinski definition) is 1. The molecule has 3 atom stereocenters. The Labute approximate surface area is 202 Å². The van der Waals surface area contributed by atoms with Crippen LogP contribution >= 0.6 is 0 Å². The lowest BCUT2D eigenvalue weighted by atomic mass is 9.89. The largest absolute Gasteiger partial charge is 0.494 e. The summed E-state index contributed by atoms with van der Waals surface area (Å²) >= 11 is 0. The minimum absolute atomic E-state index is 0.0363. The summed E-state index contributed by atoms with van der Waals surface area (Å²) in [5, 5.41) is 3.66. The highest BCUT2D eigenvalue weighted by Crippen LogP contribution is 2.38. The van der Waals surface area contributed by atoms with Crippen molar-refractivity contribution in [2.24, 2.45) is 16.8 Å². The van der Waals surface area contributed by atoms with Gasteiger partial charge >= 0.3 is 0 Å². The summed E-state index contributed by atoms with van der Waals surface area (Å²) in [6.07, 6.45) is 7.40.